The first kappa shape index (κ1) is 17.5. The van der Waals surface area contributed by atoms with E-state index in [4.69, 9.17) is 0 Å². The summed E-state index contributed by atoms with van der Waals surface area (Å²) in [5.41, 5.74) is 1.67. The summed E-state index contributed by atoms with van der Waals surface area (Å²) in [6, 6.07) is 12.6. The molecular formula is C16H10BrClN4O2S. The van der Waals surface area contributed by atoms with Crippen molar-refractivity contribution in [3.8, 4) is 0 Å². The fourth-order valence-electron chi connectivity index (χ4n) is 2.47. The van der Waals surface area contributed by atoms with E-state index in [1.54, 1.807) is 12.1 Å². The van der Waals surface area contributed by atoms with Crippen LogP contribution in [0.5, 0.6) is 0 Å². The van der Waals surface area contributed by atoms with Crippen molar-refractivity contribution in [2.75, 3.05) is 5.32 Å². The minimum absolute atomic E-state index is 0. The maximum Gasteiger partial charge on any atom is 0.270 e. The number of hydrogen-bond donors (Lipinski definition) is 1. The van der Waals surface area contributed by atoms with Crippen LogP contribution < -0.4 is 5.32 Å². The van der Waals surface area contributed by atoms with Gasteiger partial charge in [-0.05, 0) is 24.3 Å². The van der Waals surface area contributed by atoms with E-state index < -0.39 is 4.92 Å². The summed E-state index contributed by atoms with van der Waals surface area (Å²) >= 11 is 4.95. The first-order chi connectivity index (χ1) is 11.6. The summed E-state index contributed by atoms with van der Waals surface area (Å²) in [5.74, 6) is 0.682. The van der Waals surface area contributed by atoms with Crippen LogP contribution in [0.25, 0.3) is 20.3 Å². The Morgan fingerprint density at radius 2 is 2.00 bits per heavy atom. The molecule has 0 saturated carbocycles. The molecule has 0 spiro atoms. The molecule has 9 heteroatoms. The summed E-state index contributed by atoms with van der Waals surface area (Å²) in [4.78, 5) is 19.2. The van der Waals surface area contributed by atoms with Crippen LogP contribution in [0.2, 0.25) is 0 Å². The molecule has 0 unspecified atom stereocenters. The van der Waals surface area contributed by atoms with Gasteiger partial charge in [0.05, 0.1) is 15.1 Å². The van der Waals surface area contributed by atoms with E-state index in [0.717, 1.165) is 24.9 Å². The van der Waals surface area contributed by atoms with E-state index in [-0.39, 0.29) is 18.1 Å². The molecule has 126 valence electrons. The molecule has 2 aromatic carbocycles. The number of anilines is 2. The van der Waals surface area contributed by atoms with Gasteiger partial charge in [0.25, 0.3) is 5.69 Å². The lowest BCUT2D eigenvalue weighted by Gasteiger charge is -2.06. The first-order valence-corrected chi connectivity index (χ1v) is 8.57. The van der Waals surface area contributed by atoms with Crippen molar-refractivity contribution >= 4 is 77.2 Å². The number of nitro groups is 1. The fourth-order valence-corrected chi connectivity index (χ4v) is 3.95. The van der Waals surface area contributed by atoms with Crippen LogP contribution in [-0.4, -0.2) is 14.9 Å². The molecule has 4 rings (SSSR count). The Balaban J connectivity index is 0.00000182. The van der Waals surface area contributed by atoms with Gasteiger partial charge in [-0.2, -0.15) is 0 Å². The lowest BCUT2D eigenvalue weighted by molar-refractivity contribution is -0.384. The van der Waals surface area contributed by atoms with Crippen molar-refractivity contribution in [2.45, 2.75) is 0 Å². The number of nitrogens with zero attached hydrogens (tertiary/aromatic N) is 3. The number of nitrogens with one attached hydrogen (secondary N) is 1. The number of halogens is 2. The van der Waals surface area contributed by atoms with Crippen LogP contribution in [0, 0.1) is 10.1 Å². The maximum absolute atomic E-state index is 11.0. The zero-order valence-electron chi connectivity index (χ0n) is 12.5. The van der Waals surface area contributed by atoms with Crippen molar-refractivity contribution < 1.29 is 4.92 Å². The van der Waals surface area contributed by atoms with Gasteiger partial charge >= 0.3 is 0 Å². The summed E-state index contributed by atoms with van der Waals surface area (Å²) in [5, 5.41) is 15.1. The average Bonchev–Trinajstić information content (AvgIpc) is 2.94. The van der Waals surface area contributed by atoms with Crippen LogP contribution >= 0.6 is 39.7 Å². The van der Waals surface area contributed by atoms with Gasteiger partial charge in [0, 0.05) is 32.4 Å². The quantitative estimate of drug-likeness (QED) is 0.329. The predicted molar refractivity (Wildman–Crippen MR) is 106 cm³/mol. The number of aromatic nitrogens is 2. The minimum atomic E-state index is -0.398. The van der Waals surface area contributed by atoms with E-state index in [2.05, 4.69) is 31.2 Å². The van der Waals surface area contributed by atoms with Crippen LogP contribution in [0.4, 0.5) is 17.2 Å². The van der Waals surface area contributed by atoms with Crippen molar-refractivity contribution in [1.29, 1.82) is 0 Å². The number of fused-ring (bicyclic) bond motifs is 3. The van der Waals surface area contributed by atoms with Gasteiger partial charge in [-0.3, -0.25) is 10.1 Å². The minimum Gasteiger partial charge on any atom is -0.339 e. The molecule has 2 heterocycles. The molecule has 25 heavy (non-hydrogen) atoms. The number of rotatable bonds is 3. The molecule has 4 aromatic rings. The summed E-state index contributed by atoms with van der Waals surface area (Å²) in [6.45, 7) is 0. The monoisotopic (exact) mass is 436 g/mol. The topological polar surface area (TPSA) is 81.0 Å². The molecular weight excluding hydrogens is 428 g/mol. The second kappa shape index (κ2) is 6.91. The highest BCUT2D eigenvalue weighted by Gasteiger charge is 2.15. The second-order valence-corrected chi connectivity index (χ2v) is 7.04. The Labute approximate surface area is 160 Å². The van der Waals surface area contributed by atoms with Crippen molar-refractivity contribution in [3.05, 3.63) is 63.4 Å². The van der Waals surface area contributed by atoms with E-state index in [0.29, 0.717) is 11.3 Å². The smallest absolute Gasteiger partial charge is 0.270 e. The zero-order valence-corrected chi connectivity index (χ0v) is 15.7. The molecule has 0 atom stereocenters. The number of non-ortho nitro benzene ring substituents is 1. The highest BCUT2D eigenvalue weighted by molar-refractivity contribution is 9.10. The number of nitro benzene ring substituents is 1. The summed E-state index contributed by atoms with van der Waals surface area (Å²) in [7, 11) is 0. The van der Waals surface area contributed by atoms with Crippen molar-refractivity contribution in [3.63, 3.8) is 0 Å². The molecule has 0 saturated heterocycles. The predicted octanol–water partition coefficient (Wildman–Crippen LogP) is 5.68. The van der Waals surface area contributed by atoms with Crippen LogP contribution in [0.15, 0.2) is 53.3 Å². The van der Waals surface area contributed by atoms with Gasteiger partial charge in [0.2, 0.25) is 0 Å². The Kier molecular flexibility index (Phi) is 4.85. The summed E-state index contributed by atoms with van der Waals surface area (Å²) < 4.78 is 2.77. The van der Waals surface area contributed by atoms with E-state index in [1.807, 2.05) is 24.3 Å². The normalized spacial score (nSPS) is 10.6. The van der Waals surface area contributed by atoms with Gasteiger partial charge < -0.3 is 5.32 Å². The molecule has 0 bridgehead atoms. The Bertz CT molecular complexity index is 1100. The fraction of sp³-hybridized carbons (Fsp3) is 0. The lowest BCUT2D eigenvalue weighted by Crippen LogP contribution is -1.94. The van der Waals surface area contributed by atoms with Crippen LogP contribution in [0.3, 0.4) is 0 Å². The number of thiophene rings is 1. The van der Waals surface area contributed by atoms with Crippen LogP contribution in [-0.2, 0) is 0 Å². The van der Waals surface area contributed by atoms with Crippen LogP contribution in [0.1, 0.15) is 0 Å². The van der Waals surface area contributed by atoms with Crippen molar-refractivity contribution in [1.82, 2.24) is 9.97 Å². The third-order valence-electron chi connectivity index (χ3n) is 3.53. The summed E-state index contributed by atoms with van der Waals surface area (Å²) in [6.07, 6.45) is 1.47. The third kappa shape index (κ3) is 3.28. The molecule has 0 aliphatic rings. The van der Waals surface area contributed by atoms with E-state index in [1.165, 1.54) is 23.7 Å². The Morgan fingerprint density at radius 3 is 2.76 bits per heavy atom. The maximum atomic E-state index is 11.0. The van der Waals surface area contributed by atoms with E-state index in [9.17, 15) is 10.1 Å². The highest BCUT2D eigenvalue weighted by Crippen LogP contribution is 2.38. The number of hydrogen-bond acceptors (Lipinski definition) is 6. The Hall–Kier alpha value is -2.29. The number of benzene rings is 2. The standard InChI is InChI=1S/C16H9BrN4O2S.ClH/c17-9-2-1-3-10(6-9)20-16-15-14(18-8-19-16)12-7-11(21(22)23)4-5-13(12)24-15;/h1-8H,(H,18,19,20);1H. The molecule has 0 aliphatic heterocycles. The van der Waals surface area contributed by atoms with Gasteiger partial charge in [0.1, 0.15) is 6.33 Å². The van der Waals surface area contributed by atoms with Gasteiger partial charge in [0.15, 0.2) is 5.82 Å². The molecule has 0 radical (unpaired) electrons. The highest BCUT2D eigenvalue weighted by atomic mass is 79.9. The molecule has 6 nitrogen and oxygen atoms in total. The molecule has 0 aliphatic carbocycles. The Morgan fingerprint density at radius 1 is 1.16 bits per heavy atom. The largest absolute Gasteiger partial charge is 0.339 e. The average molecular weight is 438 g/mol. The molecule has 0 fully saturated rings. The molecule has 0 amide bonds. The van der Waals surface area contributed by atoms with E-state index >= 15 is 0 Å². The lowest BCUT2D eigenvalue weighted by atomic mass is 10.2. The second-order valence-electron chi connectivity index (χ2n) is 5.07. The first-order valence-electron chi connectivity index (χ1n) is 6.96. The van der Waals surface area contributed by atoms with Crippen molar-refractivity contribution in [2.24, 2.45) is 0 Å². The third-order valence-corrected chi connectivity index (χ3v) is 5.19. The molecule has 2 aromatic heterocycles. The zero-order chi connectivity index (χ0) is 16.7. The van der Waals surface area contributed by atoms with Gasteiger partial charge in [-0.1, -0.05) is 22.0 Å². The molecule has 1 N–H and O–H groups in total. The SMILES string of the molecule is Cl.O=[N+]([O-])c1ccc2sc3c(Nc4cccc(Br)c4)ncnc3c2c1. The van der Waals surface area contributed by atoms with Gasteiger partial charge in [-0.15, -0.1) is 23.7 Å². The van der Waals surface area contributed by atoms with Gasteiger partial charge in [-0.25, -0.2) is 9.97 Å².